The molecule has 1 aromatic heterocycles. The van der Waals surface area contributed by atoms with Crippen LogP contribution in [0.15, 0.2) is 16.9 Å². The van der Waals surface area contributed by atoms with Crippen molar-refractivity contribution in [1.29, 1.82) is 0 Å². The topological polar surface area (TPSA) is 98.4 Å². The Bertz CT molecular complexity index is 963. The third kappa shape index (κ3) is 5.52. The minimum atomic E-state index is -1.01. The normalized spacial score (nSPS) is 13.3. The van der Waals surface area contributed by atoms with Gasteiger partial charge in [0, 0.05) is 19.2 Å². The van der Waals surface area contributed by atoms with Crippen LogP contribution in [0.25, 0.3) is 5.69 Å². The van der Waals surface area contributed by atoms with Crippen LogP contribution in [0.2, 0.25) is 0 Å². The first-order valence-electron chi connectivity index (χ1n) is 10.8. The number of aliphatic hydroxyl groups is 1. The lowest BCUT2D eigenvalue weighted by Crippen LogP contribution is -2.34. The van der Waals surface area contributed by atoms with Crippen molar-refractivity contribution < 1.29 is 19.0 Å². The van der Waals surface area contributed by atoms with Crippen molar-refractivity contribution in [2.75, 3.05) is 0 Å². The molecule has 0 radical (unpaired) electrons. The number of carbonyl (C=O) groups is 1. The number of ether oxygens (including phenoxy) is 1. The van der Waals surface area contributed by atoms with Crippen molar-refractivity contribution in [3.63, 3.8) is 0 Å². The van der Waals surface area contributed by atoms with Gasteiger partial charge < -0.3 is 15.2 Å². The van der Waals surface area contributed by atoms with E-state index < -0.39 is 23.5 Å². The van der Waals surface area contributed by atoms with Crippen molar-refractivity contribution in [3.05, 3.63) is 39.8 Å². The molecule has 0 aliphatic heterocycles. The lowest BCUT2D eigenvalue weighted by Gasteiger charge is -2.20. The molecule has 1 unspecified atom stereocenters. The number of aromatic nitrogens is 3. The summed E-state index contributed by atoms with van der Waals surface area (Å²) in [4.78, 5) is 25.5. The zero-order valence-electron chi connectivity index (χ0n) is 19.1. The Morgan fingerprint density at radius 2 is 1.90 bits per heavy atom. The number of hydrogen-bond donors (Lipinski definition) is 2. The number of aliphatic hydroxyl groups excluding tert-OH is 1. The highest BCUT2D eigenvalue weighted by Crippen LogP contribution is 2.27. The molecule has 0 fully saturated rings. The molecule has 1 amide bonds. The summed E-state index contributed by atoms with van der Waals surface area (Å²) in [5.74, 6) is -0.947. The summed E-state index contributed by atoms with van der Waals surface area (Å²) in [6.07, 6.45) is 1.90. The number of benzene rings is 1. The van der Waals surface area contributed by atoms with Gasteiger partial charge in [-0.25, -0.2) is 9.18 Å². The molecule has 0 saturated carbocycles. The first kappa shape index (κ1) is 24.6. The average Bonchev–Trinajstić information content (AvgIpc) is 3.02. The molecule has 2 atom stereocenters. The summed E-state index contributed by atoms with van der Waals surface area (Å²) in [7, 11) is 1.45. The number of rotatable bonds is 10. The number of amides is 1. The highest BCUT2D eigenvalue weighted by Gasteiger charge is 2.24. The van der Waals surface area contributed by atoms with Crippen LogP contribution in [0.4, 0.5) is 4.39 Å². The molecule has 2 N–H and O–H groups in total. The highest BCUT2D eigenvalue weighted by atomic mass is 19.1. The van der Waals surface area contributed by atoms with Crippen LogP contribution < -0.4 is 15.7 Å². The maximum absolute atomic E-state index is 15.1. The standard InChI is InChI=1S/C22H33FN4O4/c1-7-10-13(4)31-19-12-18(27-22(30)26(6)20(25-27)14(5)28)17(23)11-16(19)21(29)24-15(8-2)9-3/h11-15,28H,7-10H2,1-6H3,(H,24,29)/t13-,14?/m0/s1. The predicted octanol–water partition coefficient (Wildman–Crippen LogP) is 3.25. The zero-order valence-corrected chi connectivity index (χ0v) is 19.1. The lowest BCUT2D eigenvalue weighted by molar-refractivity contribution is 0.0927. The maximum atomic E-state index is 15.1. The van der Waals surface area contributed by atoms with E-state index in [1.807, 2.05) is 27.7 Å². The lowest BCUT2D eigenvalue weighted by atomic mass is 10.1. The van der Waals surface area contributed by atoms with Crippen molar-refractivity contribution in [3.8, 4) is 11.4 Å². The van der Waals surface area contributed by atoms with Crippen molar-refractivity contribution >= 4 is 5.91 Å². The summed E-state index contributed by atoms with van der Waals surface area (Å²) in [5, 5.41) is 16.8. The fraction of sp³-hybridized carbons (Fsp3) is 0.591. The Morgan fingerprint density at radius 1 is 1.26 bits per heavy atom. The maximum Gasteiger partial charge on any atom is 0.350 e. The fourth-order valence-corrected chi connectivity index (χ4v) is 3.39. The van der Waals surface area contributed by atoms with E-state index in [0.29, 0.717) is 0 Å². The minimum Gasteiger partial charge on any atom is -0.490 e. The molecule has 31 heavy (non-hydrogen) atoms. The molecule has 8 nitrogen and oxygen atoms in total. The summed E-state index contributed by atoms with van der Waals surface area (Å²) in [5.41, 5.74) is -0.697. The molecule has 0 spiro atoms. The van der Waals surface area contributed by atoms with Crippen LogP contribution in [0.5, 0.6) is 5.75 Å². The van der Waals surface area contributed by atoms with Gasteiger partial charge in [0.05, 0.1) is 11.7 Å². The quantitative estimate of drug-likeness (QED) is 0.596. The third-order valence-electron chi connectivity index (χ3n) is 5.25. The van der Waals surface area contributed by atoms with E-state index in [1.54, 1.807) is 0 Å². The Balaban J connectivity index is 2.59. The fourth-order valence-electron chi connectivity index (χ4n) is 3.39. The SMILES string of the molecule is CCC[C@H](C)Oc1cc(-n2nc(C(C)O)n(C)c2=O)c(F)cc1C(=O)NC(CC)CC. The molecule has 1 heterocycles. The van der Waals surface area contributed by atoms with E-state index in [9.17, 15) is 14.7 Å². The molecule has 2 rings (SSSR count). The van der Waals surface area contributed by atoms with Gasteiger partial charge in [0.25, 0.3) is 5.91 Å². The van der Waals surface area contributed by atoms with Crippen LogP contribution in [0, 0.1) is 5.82 Å². The van der Waals surface area contributed by atoms with E-state index in [4.69, 9.17) is 4.74 Å². The van der Waals surface area contributed by atoms with E-state index in [1.165, 1.54) is 20.0 Å². The van der Waals surface area contributed by atoms with Crippen molar-refractivity contribution in [2.24, 2.45) is 7.05 Å². The van der Waals surface area contributed by atoms with Gasteiger partial charge in [0.2, 0.25) is 0 Å². The molecule has 0 saturated heterocycles. The van der Waals surface area contributed by atoms with Crippen LogP contribution in [-0.4, -0.2) is 37.5 Å². The molecule has 1 aromatic carbocycles. The molecule has 172 valence electrons. The van der Waals surface area contributed by atoms with Gasteiger partial charge in [-0.05, 0) is 39.2 Å². The summed E-state index contributed by atoms with van der Waals surface area (Å²) >= 11 is 0. The second kappa shape index (κ2) is 10.6. The van der Waals surface area contributed by atoms with Gasteiger partial charge in [-0.15, -0.1) is 5.10 Å². The summed E-state index contributed by atoms with van der Waals surface area (Å²) in [6.45, 7) is 9.28. The average molecular weight is 437 g/mol. The Labute approximate surface area is 182 Å². The first-order chi connectivity index (χ1) is 14.6. The van der Waals surface area contributed by atoms with Gasteiger partial charge in [0.15, 0.2) is 5.82 Å². The summed E-state index contributed by atoms with van der Waals surface area (Å²) in [6, 6.07) is 2.36. The van der Waals surface area contributed by atoms with Gasteiger partial charge in [-0.3, -0.25) is 9.36 Å². The highest BCUT2D eigenvalue weighted by molar-refractivity contribution is 5.97. The van der Waals surface area contributed by atoms with Gasteiger partial charge in [-0.2, -0.15) is 4.68 Å². The number of nitrogens with one attached hydrogen (secondary N) is 1. The largest absolute Gasteiger partial charge is 0.490 e. The summed E-state index contributed by atoms with van der Waals surface area (Å²) < 4.78 is 23.1. The number of hydrogen-bond acceptors (Lipinski definition) is 5. The van der Waals surface area contributed by atoms with E-state index in [-0.39, 0.29) is 35.0 Å². The van der Waals surface area contributed by atoms with E-state index in [0.717, 1.165) is 41.0 Å². The van der Waals surface area contributed by atoms with Gasteiger partial charge in [0.1, 0.15) is 23.4 Å². The van der Waals surface area contributed by atoms with Gasteiger partial charge >= 0.3 is 5.69 Å². The van der Waals surface area contributed by atoms with Crippen molar-refractivity contribution in [1.82, 2.24) is 19.7 Å². The molecule has 0 aliphatic carbocycles. The van der Waals surface area contributed by atoms with Crippen LogP contribution in [0.1, 0.15) is 82.6 Å². The first-order valence-corrected chi connectivity index (χ1v) is 10.8. The molecule has 2 aromatic rings. The van der Waals surface area contributed by atoms with Crippen molar-refractivity contribution in [2.45, 2.75) is 78.6 Å². The molecule has 0 aliphatic rings. The minimum absolute atomic E-state index is 0.0387. The molecular formula is C22H33FN4O4. The number of carbonyl (C=O) groups excluding carboxylic acids is 1. The van der Waals surface area contributed by atoms with E-state index >= 15 is 4.39 Å². The number of nitrogens with zero attached hydrogens (tertiary/aromatic N) is 3. The Kier molecular flexibility index (Phi) is 8.38. The third-order valence-corrected chi connectivity index (χ3v) is 5.25. The second-order valence-electron chi connectivity index (χ2n) is 7.79. The molecule has 0 bridgehead atoms. The van der Waals surface area contributed by atoms with Crippen LogP contribution in [0.3, 0.4) is 0 Å². The van der Waals surface area contributed by atoms with E-state index in [2.05, 4.69) is 10.4 Å². The second-order valence-corrected chi connectivity index (χ2v) is 7.79. The van der Waals surface area contributed by atoms with Crippen LogP contribution >= 0.6 is 0 Å². The monoisotopic (exact) mass is 436 g/mol. The Morgan fingerprint density at radius 3 is 2.42 bits per heavy atom. The zero-order chi connectivity index (χ0) is 23.3. The molecular weight excluding hydrogens is 403 g/mol. The predicted molar refractivity (Wildman–Crippen MR) is 116 cm³/mol. The molecule has 9 heteroatoms. The van der Waals surface area contributed by atoms with Gasteiger partial charge in [-0.1, -0.05) is 27.2 Å². The Hall–Kier alpha value is -2.68. The van der Waals surface area contributed by atoms with Crippen LogP contribution in [-0.2, 0) is 7.05 Å². The number of halogens is 1. The smallest absolute Gasteiger partial charge is 0.350 e.